The standard InChI is InChI=1S/C7H10N2S/c1-5(8-3)7-4-10-6(2)9-7/h4H,1-3H3. The summed E-state index contributed by atoms with van der Waals surface area (Å²) in [6.45, 7) is 3.96. The molecule has 1 rings (SSSR count). The van der Waals surface area contributed by atoms with Crippen LogP contribution in [0.4, 0.5) is 0 Å². The fourth-order valence-corrected chi connectivity index (χ4v) is 1.30. The minimum Gasteiger partial charge on any atom is -0.291 e. The first-order valence-corrected chi connectivity index (χ1v) is 3.98. The smallest absolute Gasteiger partial charge is 0.0949 e. The monoisotopic (exact) mass is 154 g/mol. The van der Waals surface area contributed by atoms with Crippen molar-refractivity contribution in [3.63, 3.8) is 0 Å². The van der Waals surface area contributed by atoms with Crippen LogP contribution in [0.1, 0.15) is 17.6 Å². The van der Waals surface area contributed by atoms with Crippen molar-refractivity contribution in [3.8, 4) is 0 Å². The normalized spacial score (nSPS) is 12.1. The third-order valence-electron chi connectivity index (χ3n) is 1.33. The lowest BCUT2D eigenvalue weighted by molar-refractivity contribution is 1.25. The van der Waals surface area contributed by atoms with E-state index in [0.29, 0.717) is 0 Å². The molecule has 0 N–H and O–H groups in total. The highest BCUT2D eigenvalue weighted by Crippen LogP contribution is 2.08. The van der Waals surface area contributed by atoms with Gasteiger partial charge in [0, 0.05) is 12.4 Å². The fraction of sp³-hybridized carbons (Fsp3) is 0.429. The lowest BCUT2D eigenvalue weighted by atomic mass is 10.3. The van der Waals surface area contributed by atoms with Crippen LogP contribution in [0.15, 0.2) is 10.4 Å². The maximum absolute atomic E-state index is 4.27. The third-order valence-corrected chi connectivity index (χ3v) is 2.10. The number of aliphatic imine (C=N–C) groups is 1. The molecule has 0 aliphatic carbocycles. The van der Waals surface area contributed by atoms with E-state index in [1.807, 2.05) is 19.2 Å². The zero-order valence-electron chi connectivity index (χ0n) is 6.38. The highest BCUT2D eigenvalue weighted by molar-refractivity contribution is 7.09. The molecule has 0 aromatic carbocycles. The summed E-state index contributed by atoms with van der Waals surface area (Å²) in [4.78, 5) is 8.30. The zero-order valence-corrected chi connectivity index (χ0v) is 7.20. The predicted molar refractivity (Wildman–Crippen MR) is 45.0 cm³/mol. The number of rotatable bonds is 1. The predicted octanol–water partition coefficient (Wildman–Crippen LogP) is 1.89. The molecule has 2 nitrogen and oxygen atoms in total. The molecule has 0 bridgehead atoms. The van der Waals surface area contributed by atoms with Gasteiger partial charge in [-0.3, -0.25) is 4.99 Å². The number of aromatic nitrogens is 1. The van der Waals surface area contributed by atoms with Gasteiger partial charge < -0.3 is 0 Å². The van der Waals surface area contributed by atoms with Crippen molar-refractivity contribution in [2.24, 2.45) is 4.99 Å². The number of nitrogens with zero attached hydrogens (tertiary/aromatic N) is 2. The maximum atomic E-state index is 4.27. The highest BCUT2D eigenvalue weighted by Gasteiger charge is 1.98. The van der Waals surface area contributed by atoms with Crippen LogP contribution in [0.3, 0.4) is 0 Å². The van der Waals surface area contributed by atoms with Gasteiger partial charge in [-0.1, -0.05) is 0 Å². The van der Waals surface area contributed by atoms with Crippen LogP contribution < -0.4 is 0 Å². The van der Waals surface area contributed by atoms with E-state index in [4.69, 9.17) is 0 Å². The average molecular weight is 154 g/mol. The molecule has 0 atom stereocenters. The second-order valence-electron chi connectivity index (χ2n) is 2.06. The van der Waals surface area contributed by atoms with Gasteiger partial charge in [0.2, 0.25) is 0 Å². The molecule has 10 heavy (non-hydrogen) atoms. The molecule has 3 heteroatoms. The molecular formula is C7H10N2S. The van der Waals surface area contributed by atoms with Crippen molar-refractivity contribution in [2.45, 2.75) is 13.8 Å². The molecular weight excluding hydrogens is 144 g/mol. The van der Waals surface area contributed by atoms with Crippen molar-refractivity contribution < 1.29 is 0 Å². The van der Waals surface area contributed by atoms with E-state index in [1.54, 1.807) is 18.4 Å². The molecule has 1 aromatic rings. The molecule has 54 valence electrons. The summed E-state index contributed by atoms with van der Waals surface area (Å²) >= 11 is 1.66. The maximum Gasteiger partial charge on any atom is 0.0949 e. The Kier molecular flexibility index (Phi) is 2.17. The molecule has 0 fully saturated rings. The third kappa shape index (κ3) is 1.42. The molecule has 0 saturated heterocycles. The fourth-order valence-electron chi connectivity index (χ4n) is 0.644. The van der Waals surface area contributed by atoms with Crippen molar-refractivity contribution >= 4 is 17.0 Å². The second kappa shape index (κ2) is 2.92. The Labute approximate surface area is 64.6 Å². The van der Waals surface area contributed by atoms with Gasteiger partial charge in [0.1, 0.15) is 0 Å². The first kappa shape index (κ1) is 7.41. The number of aryl methyl sites for hydroxylation is 1. The summed E-state index contributed by atoms with van der Waals surface area (Å²) in [6, 6.07) is 0. The summed E-state index contributed by atoms with van der Waals surface area (Å²) < 4.78 is 0. The van der Waals surface area contributed by atoms with E-state index in [9.17, 15) is 0 Å². The lowest BCUT2D eigenvalue weighted by Gasteiger charge is -1.88. The Morgan fingerprint density at radius 3 is 2.80 bits per heavy atom. The summed E-state index contributed by atoms with van der Waals surface area (Å²) in [5, 5.41) is 3.12. The number of thiazole rings is 1. The summed E-state index contributed by atoms with van der Waals surface area (Å²) in [7, 11) is 1.78. The van der Waals surface area contributed by atoms with E-state index in [2.05, 4.69) is 9.98 Å². The van der Waals surface area contributed by atoms with Crippen LogP contribution in [-0.2, 0) is 0 Å². The van der Waals surface area contributed by atoms with Gasteiger partial charge in [-0.25, -0.2) is 4.98 Å². The van der Waals surface area contributed by atoms with Crippen LogP contribution >= 0.6 is 11.3 Å². The van der Waals surface area contributed by atoms with Gasteiger partial charge >= 0.3 is 0 Å². The van der Waals surface area contributed by atoms with Crippen molar-refractivity contribution in [3.05, 3.63) is 16.1 Å². The summed E-state index contributed by atoms with van der Waals surface area (Å²) in [5.74, 6) is 0. The van der Waals surface area contributed by atoms with E-state index in [-0.39, 0.29) is 0 Å². The summed E-state index contributed by atoms with van der Waals surface area (Å²) in [5.41, 5.74) is 2.01. The minimum absolute atomic E-state index is 1.00. The van der Waals surface area contributed by atoms with Crippen molar-refractivity contribution in [1.82, 2.24) is 4.98 Å². The Morgan fingerprint density at radius 1 is 1.70 bits per heavy atom. The second-order valence-corrected chi connectivity index (χ2v) is 3.12. The molecule has 0 radical (unpaired) electrons. The Morgan fingerprint density at radius 2 is 2.40 bits per heavy atom. The Balaban J connectivity index is 2.95. The zero-order chi connectivity index (χ0) is 7.56. The van der Waals surface area contributed by atoms with Crippen LogP contribution in [-0.4, -0.2) is 17.7 Å². The van der Waals surface area contributed by atoms with Crippen LogP contribution in [0.2, 0.25) is 0 Å². The molecule has 0 aliphatic rings. The van der Waals surface area contributed by atoms with Gasteiger partial charge in [-0.05, 0) is 13.8 Å². The number of hydrogen-bond acceptors (Lipinski definition) is 3. The van der Waals surface area contributed by atoms with E-state index < -0.39 is 0 Å². The first-order chi connectivity index (χ1) is 4.74. The van der Waals surface area contributed by atoms with Crippen molar-refractivity contribution in [1.29, 1.82) is 0 Å². The largest absolute Gasteiger partial charge is 0.291 e. The molecule has 0 aliphatic heterocycles. The molecule has 0 unspecified atom stereocenters. The minimum atomic E-state index is 1.00. The summed E-state index contributed by atoms with van der Waals surface area (Å²) in [6.07, 6.45) is 0. The van der Waals surface area contributed by atoms with Crippen LogP contribution in [0.5, 0.6) is 0 Å². The van der Waals surface area contributed by atoms with E-state index in [1.165, 1.54) is 0 Å². The topological polar surface area (TPSA) is 25.2 Å². The van der Waals surface area contributed by atoms with Crippen molar-refractivity contribution in [2.75, 3.05) is 7.05 Å². The SMILES string of the molecule is CN=C(C)c1csc(C)n1. The Hall–Kier alpha value is -0.700. The molecule has 1 heterocycles. The number of hydrogen-bond donors (Lipinski definition) is 0. The van der Waals surface area contributed by atoms with Gasteiger partial charge in [-0.15, -0.1) is 11.3 Å². The van der Waals surface area contributed by atoms with E-state index >= 15 is 0 Å². The quantitative estimate of drug-likeness (QED) is 0.567. The molecule has 0 amide bonds. The highest BCUT2D eigenvalue weighted by atomic mass is 32.1. The molecule has 0 spiro atoms. The van der Waals surface area contributed by atoms with Crippen LogP contribution in [0, 0.1) is 6.92 Å². The van der Waals surface area contributed by atoms with Gasteiger partial charge in [0.05, 0.1) is 16.4 Å². The van der Waals surface area contributed by atoms with E-state index in [0.717, 1.165) is 16.4 Å². The lowest BCUT2D eigenvalue weighted by Crippen LogP contribution is -1.93. The molecule has 1 aromatic heterocycles. The van der Waals surface area contributed by atoms with Crippen LogP contribution in [0.25, 0.3) is 0 Å². The Bertz CT molecular complexity index is 250. The van der Waals surface area contributed by atoms with Gasteiger partial charge in [0.15, 0.2) is 0 Å². The average Bonchev–Trinajstić information content (AvgIpc) is 2.34. The first-order valence-electron chi connectivity index (χ1n) is 3.10. The van der Waals surface area contributed by atoms with Gasteiger partial charge in [-0.2, -0.15) is 0 Å². The van der Waals surface area contributed by atoms with Gasteiger partial charge in [0.25, 0.3) is 0 Å². The molecule has 0 saturated carbocycles.